The predicted molar refractivity (Wildman–Crippen MR) is 54.7 cm³/mol. The minimum Gasteiger partial charge on any atom is -0.329 e. The van der Waals surface area contributed by atoms with Crippen molar-refractivity contribution in [2.75, 3.05) is 20.1 Å². The highest BCUT2D eigenvalue weighted by atomic mass is 19.3. The molecule has 1 aromatic rings. The highest BCUT2D eigenvalue weighted by Crippen LogP contribution is 2.16. The summed E-state index contributed by atoms with van der Waals surface area (Å²) >= 11 is 0. The number of rotatable bonds is 5. The fourth-order valence-electron chi connectivity index (χ4n) is 1.44. The SMILES string of the molecule is CN(CC(F)F)C(CN)c1ccccn1. The zero-order chi connectivity index (χ0) is 11.3. The fraction of sp³-hybridized carbons (Fsp3) is 0.500. The topological polar surface area (TPSA) is 42.1 Å². The van der Waals surface area contributed by atoms with Crippen molar-refractivity contribution in [2.45, 2.75) is 12.5 Å². The Hall–Kier alpha value is -1.07. The highest BCUT2D eigenvalue weighted by Gasteiger charge is 2.19. The van der Waals surface area contributed by atoms with E-state index in [-0.39, 0.29) is 19.1 Å². The Morgan fingerprint density at radius 2 is 2.20 bits per heavy atom. The lowest BCUT2D eigenvalue weighted by Crippen LogP contribution is -2.34. The molecule has 0 aliphatic rings. The fourth-order valence-corrected chi connectivity index (χ4v) is 1.44. The van der Waals surface area contributed by atoms with E-state index in [9.17, 15) is 8.78 Å². The molecule has 1 unspecified atom stereocenters. The van der Waals surface area contributed by atoms with E-state index in [4.69, 9.17) is 5.73 Å². The van der Waals surface area contributed by atoms with Gasteiger partial charge in [-0.15, -0.1) is 0 Å². The van der Waals surface area contributed by atoms with Gasteiger partial charge < -0.3 is 5.73 Å². The zero-order valence-corrected chi connectivity index (χ0v) is 8.61. The van der Waals surface area contributed by atoms with Crippen LogP contribution < -0.4 is 5.73 Å². The second-order valence-electron chi connectivity index (χ2n) is 3.34. The molecule has 0 radical (unpaired) electrons. The van der Waals surface area contributed by atoms with Gasteiger partial charge in [-0.2, -0.15) is 0 Å². The largest absolute Gasteiger partial charge is 0.329 e. The molecule has 0 spiro atoms. The second-order valence-corrected chi connectivity index (χ2v) is 3.34. The molecule has 0 aliphatic carbocycles. The molecule has 0 fully saturated rings. The van der Waals surface area contributed by atoms with Crippen molar-refractivity contribution < 1.29 is 8.78 Å². The van der Waals surface area contributed by atoms with Gasteiger partial charge in [0.1, 0.15) is 0 Å². The van der Waals surface area contributed by atoms with Crippen molar-refractivity contribution in [3.8, 4) is 0 Å². The molecule has 0 saturated heterocycles. The summed E-state index contributed by atoms with van der Waals surface area (Å²) in [7, 11) is 1.62. The molecule has 0 bridgehead atoms. The molecule has 3 nitrogen and oxygen atoms in total. The minimum absolute atomic E-state index is 0.250. The van der Waals surface area contributed by atoms with Crippen molar-refractivity contribution in [2.24, 2.45) is 5.73 Å². The molecule has 2 N–H and O–H groups in total. The number of halogens is 2. The predicted octanol–water partition coefficient (Wildman–Crippen LogP) is 1.28. The van der Waals surface area contributed by atoms with Crippen molar-refractivity contribution in [3.05, 3.63) is 30.1 Å². The molecule has 0 amide bonds. The Morgan fingerprint density at radius 3 is 2.67 bits per heavy atom. The molecule has 1 atom stereocenters. The molecule has 1 heterocycles. The summed E-state index contributed by atoms with van der Waals surface area (Å²) in [5.41, 5.74) is 6.28. The van der Waals surface area contributed by atoms with E-state index in [1.54, 1.807) is 25.4 Å². The number of pyridine rings is 1. The maximum Gasteiger partial charge on any atom is 0.251 e. The van der Waals surface area contributed by atoms with Gasteiger partial charge in [-0.25, -0.2) is 8.78 Å². The van der Waals surface area contributed by atoms with Crippen LogP contribution in [0.4, 0.5) is 8.78 Å². The monoisotopic (exact) mass is 215 g/mol. The number of alkyl halides is 2. The first-order chi connectivity index (χ1) is 7.15. The lowest BCUT2D eigenvalue weighted by molar-refractivity contribution is 0.0813. The standard InChI is InChI=1S/C10H15F2N3/c1-15(7-10(11)12)9(6-13)8-4-2-3-5-14-8/h2-5,9-10H,6-7,13H2,1H3. The van der Waals surface area contributed by atoms with Gasteiger partial charge in [0.15, 0.2) is 0 Å². The molecular weight excluding hydrogens is 200 g/mol. The third-order valence-corrected chi connectivity index (χ3v) is 2.21. The highest BCUT2D eigenvalue weighted by molar-refractivity contribution is 5.09. The summed E-state index contributed by atoms with van der Waals surface area (Å²) in [4.78, 5) is 5.63. The average molecular weight is 215 g/mol. The van der Waals surface area contributed by atoms with Crippen LogP contribution in [0.25, 0.3) is 0 Å². The van der Waals surface area contributed by atoms with E-state index in [1.807, 2.05) is 6.07 Å². The number of nitrogens with zero attached hydrogens (tertiary/aromatic N) is 2. The van der Waals surface area contributed by atoms with Crippen LogP contribution in [0.2, 0.25) is 0 Å². The van der Waals surface area contributed by atoms with Crippen molar-refractivity contribution in [3.63, 3.8) is 0 Å². The summed E-state index contributed by atoms with van der Waals surface area (Å²) in [6.07, 6.45) is -0.721. The summed E-state index contributed by atoms with van der Waals surface area (Å²) < 4.78 is 24.4. The molecule has 84 valence electrons. The normalized spacial score (nSPS) is 13.5. The van der Waals surface area contributed by atoms with Gasteiger partial charge in [-0.05, 0) is 19.2 Å². The van der Waals surface area contributed by atoms with Gasteiger partial charge in [0.25, 0.3) is 6.43 Å². The van der Waals surface area contributed by atoms with Crippen LogP contribution in [-0.2, 0) is 0 Å². The molecule has 1 aromatic heterocycles. The quantitative estimate of drug-likeness (QED) is 0.804. The Labute approximate surface area is 87.9 Å². The summed E-state index contributed by atoms with van der Waals surface area (Å²) in [5, 5.41) is 0. The Morgan fingerprint density at radius 1 is 1.47 bits per heavy atom. The Bertz CT molecular complexity index is 279. The second kappa shape index (κ2) is 5.72. The third kappa shape index (κ3) is 3.53. The van der Waals surface area contributed by atoms with E-state index in [2.05, 4.69) is 4.98 Å². The minimum atomic E-state index is -2.35. The van der Waals surface area contributed by atoms with Gasteiger partial charge in [0.2, 0.25) is 0 Å². The van der Waals surface area contributed by atoms with Crippen LogP contribution in [0.1, 0.15) is 11.7 Å². The van der Waals surface area contributed by atoms with Crippen molar-refractivity contribution >= 4 is 0 Å². The smallest absolute Gasteiger partial charge is 0.251 e. The first-order valence-corrected chi connectivity index (χ1v) is 4.74. The number of hydrogen-bond donors (Lipinski definition) is 1. The Balaban J connectivity index is 2.71. The molecule has 5 heteroatoms. The molecule has 0 aromatic carbocycles. The summed E-state index contributed by atoms with van der Waals surface area (Å²) in [6, 6.07) is 5.14. The summed E-state index contributed by atoms with van der Waals surface area (Å²) in [6.45, 7) is -0.0152. The van der Waals surface area contributed by atoms with E-state index in [0.29, 0.717) is 0 Å². The van der Waals surface area contributed by atoms with Crippen molar-refractivity contribution in [1.82, 2.24) is 9.88 Å². The summed E-state index contributed by atoms with van der Waals surface area (Å²) in [5.74, 6) is 0. The lowest BCUT2D eigenvalue weighted by atomic mass is 10.1. The van der Waals surface area contributed by atoms with Gasteiger partial charge in [-0.3, -0.25) is 9.88 Å². The first kappa shape index (κ1) is 12.0. The number of likely N-dealkylation sites (N-methyl/N-ethyl adjacent to an activating group) is 1. The van der Waals surface area contributed by atoms with Crippen LogP contribution in [-0.4, -0.2) is 36.4 Å². The maximum absolute atomic E-state index is 12.2. The van der Waals surface area contributed by atoms with Gasteiger partial charge in [-0.1, -0.05) is 6.07 Å². The molecule has 1 rings (SSSR count). The van der Waals surface area contributed by atoms with Crippen LogP contribution in [0.5, 0.6) is 0 Å². The van der Waals surface area contributed by atoms with E-state index >= 15 is 0 Å². The van der Waals surface area contributed by atoms with Crippen molar-refractivity contribution in [1.29, 1.82) is 0 Å². The van der Waals surface area contributed by atoms with Gasteiger partial charge >= 0.3 is 0 Å². The van der Waals surface area contributed by atoms with E-state index in [1.165, 1.54) is 4.90 Å². The maximum atomic E-state index is 12.2. The molecule has 15 heavy (non-hydrogen) atoms. The molecule has 0 aliphatic heterocycles. The van der Waals surface area contributed by atoms with E-state index in [0.717, 1.165) is 5.69 Å². The number of hydrogen-bond acceptors (Lipinski definition) is 3. The number of aromatic nitrogens is 1. The van der Waals surface area contributed by atoms with Gasteiger partial charge in [0.05, 0.1) is 18.3 Å². The molecular formula is C10H15F2N3. The third-order valence-electron chi connectivity index (χ3n) is 2.21. The van der Waals surface area contributed by atoms with Gasteiger partial charge in [0, 0.05) is 12.7 Å². The Kier molecular flexibility index (Phi) is 4.58. The van der Waals surface area contributed by atoms with Crippen LogP contribution in [0.15, 0.2) is 24.4 Å². The molecule has 0 saturated carbocycles. The van der Waals surface area contributed by atoms with E-state index < -0.39 is 6.43 Å². The zero-order valence-electron chi connectivity index (χ0n) is 8.61. The average Bonchev–Trinajstić information content (AvgIpc) is 2.19. The first-order valence-electron chi connectivity index (χ1n) is 4.74. The van der Waals surface area contributed by atoms with Crippen LogP contribution >= 0.6 is 0 Å². The van der Waals surface area contributed by atoms with Crippen LogP contribution in [0.3, 0.4) is 0 Å². The number of nitrogens with two attached hydrogens (primary N) is 1. The lowest BCUT2D eigenvalue weighted by Gasteiger charge is -2.25. The van der Waals surface area contributed by atoms with Crippen LogP contribution in [0, 0.1) is 0 Å².